The maximum Gasteiger partial charge on any atom is 1.00 e. The summed E-state index contributed by atoms with van der Waals surface area (Å²) in [7, 11) is 0. The van der Waals surface area contributed by atoms with Crippen LogP contribution in [0.3, 0.4) is 0 Å². The van der Waals surface area contributed by atoms with E-state index in [0.717, 1.165) is 12.1 Å². The predicted octanol–water partition coefficient (Wildman–Crippen LogP) is 1.54. The van der Waals surface area contributed by atoms with Crippen LogP contribution in [0.1, 0.15) is 5.56 Å². The van der Waals surface area contributed by atoms with Gasteiger partial charge in [-0.25, -0.2) is 4.39 Å². The van der Waals surface area contributed by atoms with E-state index in [1.807, 2.05) is 0 Å². The zero-order valence-corrected chi connectivity index (χ0v) is 12.8. The van der Waals surface area contributed by atoms with E-state index < -0.39 is 12.8 Å². The van der Waals surface area contributed by atoms with Crippen LogP contribution < -0.4 is 51.4 Å². The number of halogens is 6. The average Bonchev–Trinajstić information content (AvgIpc) is 2.07. The molecule has 0 fully saturated rings. The number of hydrogen-bond donors (Lipinski definition) is 0. The largest absolute Gasteiger partial charge is 1.00 e. The molecular weight excluding hydrogens is 293 g/mol. The van der Waals surface area contributed by atoms with Crippen LogP contribution in [0.15, 0.2) is 18.1 Å². The minimum atomic E-state index is -5.06. The molecule has 0 aliphatic rings. The third kappa shape index (κ3) is 5.53. The Hall–Kier alpha value is 0.961. The second-order valence-corrected chi connectivity index (χ2v) is 3.59. The zero-order chi connectivity index (χ0) is 11.6. The molecule has 1 rings (SSSR count). The maximum atomic E-state index is 12.9. The van der Waals surface area contributed by atoms with Gasteiger partial charge in [-0.2, -0.15) is 0 Å². The molecule has 0 amide bonds. The van der Waals surface area contributed by atoms with Crippen LogP contribution in [0, 0.1) is 5.82 Å². The van der Waals surface area contributed by atoms with E-state index in [0.29, 0.717) is 6.08 Å². The first-order chi connectivity index (χ1) is 6.79. The van der Waals surface area contributed by atoms with Crippen LogP contribution in [0.4, 0.5) is 17.3 Å². The van der Waals surface area contributed by atoms with Crippen molar-refractivity contribution >= 4 is 36.3 Å². The molecule has 0 aliphatic heterocycles. The topological polar surface area (TPSA) is 0 Å². The molecule has 0 unspecified atom stereocenters. The second-order valence-electron chi connectivity index (χ2n) is 2.77. The number of hydrogen-bond acceptors (Lipinski definition) is 0. The molecule has 0 bridgehead atoms. The summed E-state index contributed by atoms with van der Waals surface area (Å²) in [6.45, 7) is -5.06. The molecule has 0 aromatic heterocycles. The van der Waals surface area contributed by atoms with Crippen molar-refractivity contribution < 1.29 is 68.7 Å². The predicted molar refractivity (Wildman–Crippen MR) is 54.5 cm³/mol. The van der Waals surface area contributed by atoms with E-state index in [4.69, 9.17) is 23.2 Å². The van der Waals surface area contributed by atoms with E-state index in [2.05, 4.69) is 0 Å². The van der Waals surface area contributed by atoms with Gasteiger partial charge in [-0.1, -0.05) is 29.3 Å². The SMILES string of the molecule is Fc1cc(/C=C/[B-](F)(F)F)c(Cl)cc1Cl.[K+]. The molecular formula is C8H4BCl2F4K. The molecule has 1 aromatic rings. The minimum absolute atomic E-state index is 0. The van der Waals surface area contributed by atoms with Crippen molar-refractivity contribution in [1.82, 2.24) is 0 Å². The molecule has 0 spiro atoms. The van der Waals surface area contributed by atoms with Gasteiger partial charge in [0.25, 0.3) is 0 Å². The molecule has 0 atom stereocenters. The molecule has 0 N–H and O–H groups in total. The number of benzene rings is 1. The van der Waals surface area contributed by atoms with Gasteiger partial charge in [0.15, 0.2) is 0 Å². The normalized spacial score (nSPS) is 11.6. The maximum absolute atomic E-state index is 12.9. The Labute approximate surface area is 142 Å². The van der Waals surface area contributed by atoms with Gasteiger partial charge in [-0.05, 0) is 17.7 Å². The smallest absolute Gasteiger partial charge is 0.445 e. The quantitative estimate of drug-likeness (QED) is 0.441. The summed E-state index contributed by atoms with van der Waals surface area (Å²) in [4.78, 5) is 0. The Morgan fingerprint density at radius 2 is 1.62 bits per heavy atom. The minimum Gasteiger partial charge on any atom is -0.445 e. The van der Waals surface area contributed by atoms with Crippen LogP contribution in [0.25, 0.3) is 6.08 Å². The van der Waals surface area contributed by atoms with Gasteiger partial charge >= 0.3 is 58.4 Å². The van der Waals surface area contributed by atoms with E-state index >= 15 is 0 Å². The first-order valence-corrected chi connectivity index (χ1v) is 4.59. The monoisotopic (exact) mass is 296 g/mol. The third-order valence-corrected chi connectivity index (χ3v) is 2.15. The Kier molecular flexibility index (Phi) is 7.18. The van der Waals surface area contributed by atoms with E-state index in [1.54, 1.807) is 0 Å². The van der Waals surface area contributed by atoms with E-state index in [1.165, 1.54) is 0 Å². The first kappa shape index (κ1) is 17.0. The summed E-state index contributed by atoms with van der Waals surface area (Å²) < 4.78 is 48.5. The van der Waals surface area contributed by atoms with Crippen LogP contribution in [0.5, 0.6) is 0 Å². The fourth-order valence-electron chi connectivity index (χ4n) is 0.878. The molecule has 0 aliphatic carbocycles. The van der Waals surface area contributed by atoms with Gasteiger partial charge < -0.3 is 12.9 Å². The fraction of sp³-hybridized carbons (Fsp3) is 0. The zero-order valence-electron chi connectivity index (χ0n) is 8.15. The van der Waals surface area contributed by atoms with E-state index in [-0.39, 0.29) is 73.0 Å². The van der Waals surface area contributed by atoms with Gasteiger partial charge in [0, 0.05) is 5.02 Å². The molecule has 0 saturated heterocycles. The summed E-state index contributed by atoms with van der Waals surface area (Å²) in [5.41, 5.74) is -0.0576. The van der Waals surface area contributed by atoms with Crippen molar-refractivity contribution in [2.75, 3.05) is 0 Å². The van der Waals surface area contributed by atoms with Crippen molar-refractivity contribution in [3.63, 3.8) is 0 Å². The molecule has 82 valence electrons. The van der Waals surface area contributed by atoms with Gasteiger partial charge in [0.05, 0.1) is 5.02 Å². The second kappa shape index (κ2) is 6.78. The molecule has 0 saturated carbocycles. The van der Waals surface area contributed by atoms with Crippen LogP contribution >= 0.6 is 23.2 Å². The Morgan fingerprint density at radius 1 is 1.06 bits per heavy atom. The summed E-state index contributed by atoms with van der Waals surface area (Å²) in [6, 6.07) is 1.91. The molecule has 16 heavy (non-hydrogen) atoms. The van der Waals surface area contributed by atoms with Crippen molar-refractivity contribution in [2.24, 2.45) is 0 Å². The summed E-state index contributed by atoms with van der Waals surface area (Å²) >= 11 is 10.9. The van der Waals surface area contributed by atoms with Crippen molar-refractivity contribution in [3.8, 4) is 0 Å². The van der Waals surface area contributed by atoms with Crippen molar-refractivity contribution in [1.29, 1.82) is 0 Å². The summed E-state index contributed by atoms with van der Waals surface area (Å²) in [6.07, 6.45) is 0.710. The standard InChI is InChI=1S/C8H4BCl2F4.K/c10-6-4-7(11)8(12)3-5(6)1-2-9(13,14)15;/h1-4H;/q-1;+1/b2-1+;. The Morgan fingerprint density at radius 3 is 2.12 bits per heavy atom. The Balaban J connectivity index is 0.00000225. The Bertz CT molecular complexity index is 406. The molecule has 0 heterocycles. The molecule has 1 aromatic carbocycles. The average molecular weight is 297 g/mol. The summed E-state index contributed by atoms with van der Waals surface area (Å²) in [5.74, 6) is -0.774. The van der Waals surface area contributed by atoms with Crippen molar-refractivity contribution in [2.45, 2.75) is 0 Å². The fourth-order valence-corrected chi connectivity index (χ4v) is 1.32. The molecule has 0 nitrogen and oxygen atoms in total. The van der Waals surface area contributed by atoms with E-state index in [9.17, 15) is 17.3 Å². The van der Waals surface area contributed by atoms with Crippen LogP contribution in [-0.4, -0.2) is 6.98 Å². The van der Waals surface area contributed by atoms with Gasteiger partial charge in [0.2, 0.25) is 0 Å². The third-order valence-electron chi connectivity index (χ3n) is 1.53. The number of rotatable bonds is 2. The van der Waals surface area contributed by atoms with Gasteiger partial charge in [-0.3, -0.25) is 0 Å². The van der Waals surface area contributed by atoms with Gasteiger partial charge in [-0.15, -0.1) is 5.98 Å². The first-order valence-electron chi connectivity index (χ1n) is 3.83. The summed E-state index contributed by atoms with van der Waals surface area (Å²) in [5, 5.41) is -0.257. The molecule has 8 heteroatoms. The molecule has 0 radical (unpaired) electrons. The van der Waals surface area contributed by atoms with Crippen molar-refractivity contribution in [3.05, 3.63) is 39.5 Å². The van der Waals surface area contributed by atoms with Crippen LogP contribution in [-0.2, 0) is 0 Å². The van der Waals surface area contributed by atoms with Gasteiger partial charge in [0.1, 0.15) is 5.82 Å². The van der Waals surface area contributed by atoms with Crippen LogP contribution in [0.2, 0.25) is 10.0 Å².